The Kier molecular flexibility index (Phi) is 5.19. The molecule has 2 aliphatic heterocycles. The highest BCUT2D eigenvalue weighted by atomic mass is 16.3. The predicted molar refractivity (Wildman–Crippen MR) is 91.1 cm³/mol. The third kappa shape index (κ3) is 3.46. The summed E-state index contributed by atoms with van der Waals surface area (Å²) in [4.78, 5) is 28.4. The third-order valence-corrected chi connectivity index (χ3v) is 5.29. The molecule has 2 fully saturated rings. The lowest BCUT2D eigenvalue weighted by Crippen LogP contribution is -2.41. The first-order valence-corrected chi connectivity index (χ1v) is 8.91. The Morgan fingerprint density at radius 2 is 2.08 bits per heavy atom. The molecule has 5 nitrogen and oxygen atoms in total. The van der Waals surface area contributed by atoms with Crippen LogP contribution in [0.15, 0.2) is 30.3 Å². The molecule has 1 N–H and O–H groups in total. The molecule has 0 aromatic heterocycles. The Labute approximate surface area is 143 Å². The van der Waals surface area contributed by atoms with Crippen LogP contribution in [-0.2, 0) is 9.59 Å². The van der Waals surface area contributed by atoms with Crippen molar-refractivity contribution in [2.45, 2.75) is 44.8 Å². The van der Waals surface area contributed by atoms with Gasteiger partial charge < -0.3 is 14.9 Å². The zero-order chi connectivity index (χ0) is 17.1. The van der Waals surface area contributed by atoms with E-state index >= 15 is 0 Å². The summed E-state index contributed by atoms with van der Waals surface area (Å²) in [5.74, 6) is -0.0510. The number of amides is 2. The van der Waals surface area contributed by atoms with Crippen LogP contribution in [0.3, 0.4) is 0 Å². The van der Waals surface area contributed by atoms with Crippen LogP contribution in [0.5, 0.6) is 0 Å². The number of aliphatic hydroxyl groups is 1. The van der Waals surface area contributed by atoms with E-state index < -0.39 is 6.10 Å². The van der Waals surface area contributed by atoms with Crippen molar-refractivity contribution >= 4 is 11.8 Å². The molecule has 2 aliphatic rings. The number of likely N-dealkylation sites (tertiary alicyclic amines) is 2. The van der Waals surface area contributed by atoms with Crippen LogP contribution in [-0.4, -0.2) is 52.4 Å². The molecule has 2 heterocycles. The van der Waals surface area contributed by atoms with E-state index in [0.29, 0.717) is 25.9 Å². The molecular formula is C19H26N2O3. The fourth-order valence-electron chi connectivity index (χ4n) is 3.92. The summed E-state index contributed by atoms with van der Waals surface area (Å²) in [6, 6.07) is 9.66. The first kappa shape index (κ1) is 17.0. The molecule has 0 spiro atoms. The van der Waals surface area contributed by atoms with Crippen molar-refractivity contribution in [2.75, 3.05) is 19.6 Å². The molecule has 2 amide bonds. The summed E-state index contributed by atoms with van der Waals surface area (Å²) in [7, 11) is 0. The van der Waals surface area contributed by atoms with Crippen molar-refractivity contribution in [3.05, 3.63) is 35.9 Å². The van der Waals surface area contributed by atoms with Gasteiger partial charge in [-0.1, -0.05) is 30.3 Å². The number of aliphatic hydroxyl groups excluding tert-OH is 1. The van der Waals surface area contributed by atoms with Gasteiger partial charge in [0.15, 0.2) is 0 Å². The average molecular weight is 330 g/mol. The molecule has 1 aromatic rings. The first-order chi connectivity index (χ1) is 11.6. The van der Waals surface area contributed by atoms with Gasteiger partial charge in [-0.2, -0.15) is 0 Å². The van der Waals surface area contributed by atoms with E-state index in [0.717, 1.165) is 24.9 Å². The number of nitrogens with zero attached hydrogens (tertiary/aromatic N) is 2. The number of hydrogen-bond acceptors (Lipinski definition) is 3. The normalized spacial score (nSPS) is 25.3. The van der Waals surface area contributed by atoms with E-state index in [4.69, 9.17) is 0 Å². The Morgan fingerprint density at radius 3 is 2.75 bits per heavy atom. The lowest BCUT2D eigenvalue weighted by Gasteiger charge is -2.29. The molecule has 1 aromatic carbocycles. The van der Waals surface area contributed by atoms with E-state index in [2.05, 4.69) is 0 Å². The lowest BCUT2D eigenvalue weighted by molar-refractivity contribution is -0.137. The van der Waals surface area contributed by atoms with Gasteiger partial charge in [-0.3, -0.25) is 9.59 Å². The Hall–Kier alpha value is -1.88. The molecule has 3 atom stereocenters. The van der Waals surface area contributed by atoms with Crippen molar-refractivity contribution in [3.8, 4) is 0 Å². The van der Waals surface area contributed by atoms with Crippen LogP contribution in [0.2, 0.25) is 0 Å². The zero-order valence-corrected chi connectivity index (χ0v) is 14.2. The maximum atomic E-state index is 12.8. The van der Waals surface area contributed by atoms with Gasteiger partial charge in [0.2, 0.25) is 11.8 Å². The standard InChI is InChI=1S/C19H26N2O3/c1-2-20-13-15(11-18(20)23)19(24)21-10-6-9-16(21)12-17(22)14-7-4-3-5-8-14/h3-5,7-8,15-17,22H,2,6,9-13H2,1H3/t15-,16+,17+/m1/s1. The third-order valence-electron chi connectivity index (χ3n) is 5.29. The van der Waals surface area contributed by atoms with Gasteiger partial charge >= 0.3 is 0 Å². The molecule has 24 heavy (non-hydrogen) atoms. The molecule has 130 valence electrons. The summed E-state index contributed by atoms with van der Waals surface area (Å²) in [5.41, 5.74) is 0.894. The maximum Gasteiger partial charge on any atom is 0.228 e. The van der Waals surface area contributed by atoms with Gasteiger partial charge in [-0.15, -0.1) is 0 Å². The van der Waals surface area contributed by atoms with Gasteiger partial charge in [0.1, 0.15) is 0 Å². The maximum absolute atomic E-state index is 12.8. The molecule has 0 bridgehead atoms. The van der Waals surface area contributed by atoms with E-state index in [1.54, 1.807) is 4.90 Å². The average Bonchev–Trinajstić information content (AvgIpc) is 3.21. The molecule has 2 saturated heterocycles. The second-order valence-electron chi connectivity index (χ2n) is 6.82. The second kappa shape index (κ2) is 7.34. The quantitative estimate of drug-likeness (QED) is 0.898. The smallest absolute Gasteiger partial charge is 0.228 e. The van der Waals surface area contributed by atoms with Crippen molar-refractivity contribution in [2.24, 2.45) is 5.92 Å². The second-order valence-corrected chi connectivity index (χ2v) is 6.82. The summed E-state index contributed by atoms with van der Waals surface area (Å²) >= 11 is 0. The minimum absolute atomic E-state index is 0.0680. The minimum Gasteiger partial charge on any atom is -0.388 e. The molecule has 3 rings (SSSR count). The van der Waals surface area contributed by atoms with E-state index in [1.165, 1.54) is 0 Å². The Balaban J connectivity index is 1.63. The van der Waals surface area contributed by atoms with Gasteiger partial charge in [0.05, 0.1) is 12.0 Å². The van der Waals surface area contributed by atoms with E-state index in [-0.39, 0.29) is 23.8 Å². The van der Waals surface area contributed by atoms with Crippen LogP contribution in [0.1, 0.15) is 44.3 Å². The number of benzene rings is 1. The van der Waals surface area contributed by atoms with Crippen LogP contribution >= 0.6 is 0 Å². The number of hydrogen-bond donors (Lipinski definition) is 1. The van der Waals surface area contributed by atoms with Crippen LogP contribution < -0.4 is 0 Å². The number of carbonyl (C=O) groups is 2. The Morgan fingerprint density at radius 1 is 1.33 bits per heavy atom. The van der Waals surface area contributed by atoms with Crippen molar-refractivity contribution < 1.29 is 14.7 Å². The largest absolute Gasteiger partial charge is 0.388 e. The van der Waals surface area contributed by atoms with Crippen LogP contribution in [0.25, 0.3) is 0 Å². The first-order valence-electron chi connectivity index (χ1n) is 8.91. The summed E-state index contributed by atoms with van der Waals surface area (Å²) < 4.78 is 0. The monoisotopic (exact) mass is 330 g/mol. The minimum atomic E-state index is -0.554. The summed E-state index contributed by atoms with van der Waals surface area (Å²) in [5, 5.41) is 10.5. The predicted octanol–water partition coefficient (Wildman–Crippen LogP) is 1.97. The van der Waals surface area contributed by atoms with Gasteiger partial charge in [-0.25, -0.2) is 0 Å². The fourth-order valence-corrected chi connectivity index (χ4v) is 3.92. The van der Waals surface area contributed by atoms with Crippen molar-refractivity contribution in [1.29, 1.82) is 0 Å². The van der Waals surface area contributed by atoms with Gasteiger partial charge in [0, 0.05) is 32.1 Å². The highest BCUT2D eigenvalue weighted by Gasteiger charge is 2.39. The number of carbonyl (C=O) groups excluding carboxylic acids is 2. The molecule has 0 radical (unpaired) electrons. The van der Waals surface area contributed by atoms with Crippen LogP contribution in [0.4, 0.5) is 0 Å². The SMILES string of the molecule is CCN1C[C@H](C(=O)N2CCC[C@H]2C[C@H](O)c2ccccc2)CC1=O. The van der Waals surface area contributed by atoms with Gasteiger partial charge in [-0.05, 0) is 31.7 Å². The molecule has 0 unspecified atom stereocenters. The lowest BCUT2D eigenvalue weighted by atomic mass is 9.99. The summed E-state index contributed by atoms with van der Waals surface area (Å²) in [6.07, 6.45) is 2.23. The van der Waals surface area contributed by atoms with E-state index in [1.807, 2.05) is 42.2 Å². The highest BCUT2D eigenvalue weighted by Crippen LogP contribution is 2.30. The fraction of sp³-hybridized carbons (Fsp3) is 0.579. The molecule has 0 saturated carbocycles. The summed E-state index contributed by atoms with van der Waals surface area (Å²) in [6.45, 7) is 3.89. The van der Waals surface area contributed by atoms with Crippen molar-refractivity contribution in [3.63, 3.8) is 0 Å². The topological polar surface area (TPSA) is 60.9 Å². The van der Waals surface area contributed by atoms with Crippen LogP contribution in [0, 0.1) is 5.92 Å². The van der Waals surface area contributed by atoms with Crippen molar-refractivity contribution in [1.82, 2.24) is 9.80 Å². The molecule has 5 heteroatoms. The highest BCUT2D eigenvalue weighted by molar-refractivity contribution is 5.89. The van der Waals surface area contributed by atoms with E-state index in [9.17, 15) is 14.7 Å². The molecule has 0 aliphatic carbocycles. The zero-order valence-electron chi connectivity index (χ0n) is 14.2. The molecular weight excluding hydrogens is 304 g/mol. The number of rotatable bonds is 5. The van der Waals surface area contributed by atoms with Gasteiger partial charge in [0.25, 0.3) is 0 Å². The Bertz CT molecular complexity index is 590.